The molecule has 2 heterocycles. The zero-order valence-corrected chi connectivity index (χ0v) is 13.0. The van der Waals surface area contributed by atoms with E-state index in [1.165, 1.54) is 0 Å². The summed E-state index contributed by atoms with van der Waals surface area (Å²) in [6.07, 6.45) is 1.55. The monoisotopic (exact) mass is 325 g/mol. The molecule has 5 nitrogen and oxygen atoms in total. The van der Waals surface area contributed by atoms with Crippen LogP contribution in [0.4, 0.5) is 0 Å². The van der Waals surface area contributed by atoms with Gasteiger partial charge < -0.3 is 9.15 Å². The Balaban J connectivity index is 1.98. The van der Waals surface area contributed by atoms with Gasteiger partial charge in [-0.05, 0) is 24.3 Å². The lowest BCUT2D eigenvalue weighted by atomic mass is 10.1. The van der Waals surface area contributed by atoms with Crippen LogP contribution in [0, 0.1) is 0 Å². The van der Waals surface area contributed by atoms with Crippen LogP contribution in [0.25, 0.3) is 33.5 Å². The van der Waals surface area contributed by atoms with E-state index < -0.39 is 0 Å². The topological polar surface area (TPSA) is 61.0 Å². The summed E-state index contributed by atoms with van der Waals surface area (Å²) in [5, 5.41) is 0. The van der Waals surface area contributed by atoms with E-state index in [4.69, 9.17) is 25.7 Å². The molecule has 4 rings (SSSR count). The van der Waals surface area contributed by atoms with Crippen LogP contribution in [0.2, 0.25) is 0 Å². The average molecular weight is 326 g/mol. The largest absolute Gasteiger partial charge is 0.497 e. The molecule has 0 saturated heterocycles. The molecular weight excluding hydrogens is 314 g/mol. The van der Waals surface area contributed by atoms with Gasteiger partial charge >= 0.3 is 0 Å². The molecule has 0 fully saturated rings. The zero-order chi connectivity index (χ0) is 15.8. The van der Waals surface area contributed by atoms with Crippen LogP contribution in [0.5, 0.6) is 5.75 Å². The molecule has 0 aliphatic heterocycles. The van der Waals surface area contributed by atoms with E-state index in [0.717, 1.165) is 33.4 Å². The fourth-order valence-electron chi connectivity index (χ4n) is 2.47. The van der Waals surface area contributed by atoms with Gasteiger partial charge in [0.15, 0.2) is 0 Å². The number of hydrogen-bond acceptors (Lipinski definition) is 5. The van der Waals surface area contributed by atoms with Crippen molar-refractivity contribution in [2.45, 2.75) is 5.88 Å². The third-order valence-electron chi connectivity index (χ3n) is 3.59. The summed E-state index contributed by atoms with van der Waals surface area (Å²) in [4.78, 5) is 13.7. The highest BCUT2D eigenvalue weighted by Gasteiger charge is 2.13. The number of oxazole rings is 1. The van der Waals surface area contributed by atoms with Crippen molar-refractivity contribution in [2.24, 2.45) is 0 Å². The molecule has 6 heteroatoms. The fourth-order valence-corrected chi connectivity index (χ4v) is 2.59. The van der Waals surface area contributed by atoms with Gasteiger partial charge in [0, 0.05) is 6.07 Å². The van der Waals surface area contributed by atoms with Gasteiger partial charge in [0.25, 0.3) is 0 Å². The fraction of sp³-hybridized carbons (Fsp3) is 0.118. The van der Waals surface area contributed by atoms with Crippen molar-refractivity contribution in [1.82, 2.24) is 15.0 Å². The van der Waals surface area contributed by atoms with Crippen LogP contribution in [-0.2, 0) is 5.88 Å². The molecule has 4 aromatic rings. The molecule has 2 aromatic heterocycles. The van der Waals surface area contributed by atoms with Gasteiger partial charge in [0.05, 0.1) is 40.8 Å². The quantitative estimate of drug-likeness (QED) is 0.417. The third-order valence-corrected chi connectivity index (χ3v) is 3.86. The van der Waals surface area contributed by atoms with Gasteiger partial charge in [0.2, 0.25) is 5.89 Å². The second-order valence-corrected chi connectivity index (χ2v) is 5.30. The molecule has 0 atom stereocenters. The molecule has 0 unspecified atom stereocenters. The maximum Gasteiger partial charge on any atom is 0.228 e. The SMILES string of the molecule is COc1ccc2nc3cccc(-c4nc(CCl)co4)c3nc2c1. The highest BCUT2D eigenvalue weighted by Crippen LogP contribution is 2.28. The van der Waals surface area contributed by atoms with E-state index in [9.17, 15) is 0 Å². The van der Waals surface area contributed by atoms with Crippen molar-refractivity contribution in [1.29, 1.82) is 0 Å². The lowest BCUT2D eigenvalue weighted by Crippen LogP contribution is -1.92. The van der Waals surface area contributed by atoms with Crippen molar-refractivity contribution < 1.29 is 9.15 Å². The molecule has 114 valence electrons. The Morgan fingerprint density at radius 1 is 1.04 bits per heavy atom. The maximum atomic E-state index is 5.79. The van der Waals surface area contributed by atoms with Crippen LogP contribution < -0.4 is 4.74 Å². The second-order valence-electron chi connectivity index (χ2n) is 5.03. The number of nitrogens with zero attached hydrogens (tertiary/aromatic N) is 3. The normalized spacial score (nSPS) is 11.2. The minimum Gasteiger partial charge on any atom is -0.497 e. The minimum atomic E-state index is 0.306. The summed E-state index contributed by atoms with van der Waals surface area (Å²) in [5.74, 6) is 1.53. The number of hydrogen-bond donors (Lipinski definition) is 0. The second kappa shape index (κ2) is 5.52. The van der Waals surface area contributed by atoms with Crippen LogP contribution in [0.3, 0.4) is 0 Å². The first kappa shape index (κ1) is 14.0. The van der Waals surface area contributed by atoms with Gasteiger partial charge in [-0.25, -0.2) is 15.0 Å². The van der Waals surface area contributed by atoms with E-state index in [2.05, 4.69) is 9.97 Å². The molecule has 0 saturated carbocycles. The van der Waals surface area contributed by atoms with Crippen LogP contribution in [0.1, 0.15) is 5.69 Å². The Bertz CT molecular complexity index is 1010. The van der Waals surface area contributed by atoms with Gasteiger partial charge in [-0.2, -0.15) is 0 Å². The van der Waals surface area contributed by atoms with E-state index in [1.54, 1.807) is 13.4 Å². The Morgan fingerprint density at radius 3 is 2.74 bits per heavy atom. The van der Waals surface area contributed by atoms with E-state index in [-0.39, 0.29) is 0 Å². The lowest BCUT2D eigenvalue weighted by molar-refractivity contribution is 0.415. The number of methoxy groups -OCH3 is 1. The van der Waals surface area contributed by atoms with Gasteiger partial charge in [-0.3, -0.25) is 0 Å². The molecule has 0 N–H and O–H groups in total. The first-order valence-corrected chi connectivity index (χ1v) is 7.57. The number of aromatic nitrogens is 3. The van der Waals surface area contributed by atoms with Crippen LogP contribution >= 0.6 is 11.6 Å². The molecule has 2 aromatic carbocycles. The summed E-state index contributed by atoms with van der Waals surface area (Å²) in [6, 6.07) is 11.4. The number of para-hydroxylation sites is 1. The van der Waals surface area contributed by atoms with Gasteiger partial charge in [-0.15, -0.1) is 11.6 Å². The predicted molar refractivity (Wildman–Crippen MR) is 88.7 cm³/mol. The Hall–Kier alpha value is -2.66. The molecule has 0 spiro atoms. The smallest absolute Gasteiger partial charge is 0.228 e. The van der Waals surface area contributed by atoms with Crippen molar-refractivity contribution in [3.8, 4) is 17.2 Å². The molecule has 0 radical (unpaired) electrons. The molecule has 0 bridgehead atoms. The van der Waals surface area contributed by atoms with Gasteiger partial charge in [-0.1, -0.05) is 6.07 Å². The third kappa shape index (κ3) is 2.39. The van der Waals surface area contributed by atoms with Crippen molar-refractivity contribution in [3.05, 3.63) is 48.4 Å². The number of ether oxygens (including phenoxy) is 1. The summed E-state index contributed by atoms with van der Waals surface area (Å²) >= 11 is 5.79. The summed E-state index contributed by atoms with van der Waals surface area (Å²) in [6.45, 7) is 0. The van der Waals surface area contributed by atoms with E-state index in [0.29, 0.717) is 17.5 Å². The molecule has 23 heavy (non-hydrogen) atoms. The predicted octanol–water partition coefficient (Wildman–Crippen LogP) is 4.19. The number of alkyl halides is 1. The first-order valence-electron chi connectivity index (χ1n) is 7.04. The van der Waals surface area contributed by atoms with E-state index >= 15 is 0 Å². The number of rotatable bonds is 3. The van der Waals surface area contributed by atoms with Crippen molar-refractivity contribution >= 4 is 33.7 Å². The molecule has 0 aliphatic rings. The average Bonchev–Trinajstić information content (AvgIpc) is 3.08. The standard InChI is InChI=1S/C17H12ClN3O2/c1-22-11-5-6-13-15(7-11)21-16-12(3-2-4-14(16)20-13)17-19-10(8-18)9-23-17/h2-7,9H,8H2,1H3. The summed E-state index contributed by atoms with van der Waals surface area (Å²) in [7, 11) is 1.63. The number of fused-ring (bicyclic) bond motifs is 2. The lowest BCUT2D eigenvalue weighted by Gasteiger charge is -2.05. The van der Waals surface area contributed by atoms with Gasteiger partial charge in [0.1, 0.15) is 17.5 Å². The molecule has 0 amide bonds. The van der Waals surface area contributed by atoms with Crippen molar-refractivity contribution in [2.75, 3.05) is 7.11 Å². The molecule has 0 aliphatic carbocycles. The zero-order valence-electron chi connectivity index (χ0n) is 12.3. The molecular formula is C17H12ClN3O2. The maximum absolute atomic E-state index is 5.79. The minimum absolute atomic E-state index is 0.306. The van der Waals surface area contributed by atoms with Crippen LogP contribution in [0.15, 0.2) is 47.1 Å². The summed E-state index contributed by atoms with van der Waals surface area (Å²) < 4.78 is 10.8. The van der Waals surface area contributed by atoms with Crippen molar-refractivity contribution in [3.63, 3.8) is 0 Å². The Kier molecular flexibility index (Phi) is 3.35. The highest BCUT2D eigenvalue weighted by atomic mass is 35.5. The van der Waals surface area contributed by atoms with E-state index in [1.807, 2.05) is 36.4 Å². The highest BCUT2D eigenvalue weighted by molar-refractivity contribution is 6.16. The number of halogens is 1. The van der Waals surface area contributed by atoms with Crippen LogP contribution in [-0.4, -0.2) is 22.1 Å². The summed E-state index contributed by atoms with van der Waals surface area (Å²) in [5.41, 5.74) is 4.56. The Morgan fingerprint density at radius 2 is 1.96 bits per heavy atom. The first-order chi connectivity index (χ1) is 11.3. The number of benzene rings is 2. The Labute approximate surface area is 136 Å².